The topological polar surface area (TPSA) is 77.4 Å². The third kappa shape index (κ3) is 3.95. The fraction of sp³-hybridized carbons (Fsp3) is 0.316. The van der Waals surface area contributed by atoms with Crippen molar-refractivity contribution < 1.29 is 27.9 Å². The van der Waals surface area contributed by atoms with Crippen LogP contribution >= 0.6 is 0 Å². The molecule has 1 saturated heterocycles. The van der Waals surface area contributed by atoms with Crippen molar-refractivity contribution in [2.24, 2.45) is 7.05 Å². The Labute approximate surface area is 154 Å². The summed E-state index contributed by atoms with van der Waals surface area (Å²) in [4.78, 5) is 36.9. The molecule has 0 bridgehead atoms. The van der Waals surface area contributed by atoms with Gasteiger partial charge in [-0.1, -0.05) is 6.07 Å². The van der Waals surface area contributed by atoms with Crippen LogP contribution in [0.3, 0.4) is 0 Å². The molecule has 2 aromatic rings. The minimum atomic E-state index is -1.03. The third-order valence-corrected chi connectivity index (χ3v) is 4.36. The molecule has 8 heteroatoms. The molecular formula is C19H18F2N2O4. The van der Waals surface area contributed by atoms with Crippen LogP contribution in [-0.2, 0) is 23.0 Å². The molecule has 1 aliphatic rings. The van der Waals surface area contributed by atoms with Gasteiger partial charge >= 0.3 is 0 Å². The highest BCUT2D eigenvalue weighted by Gasteiger charge is 2.36. The van der Waals surface area contributed by atoms with E-state index >= 15 is 0 Å². The lowest BCUT2D eigenvalue weighted by molar-refractivity contribution is -0.126. The quantitative estimate of drug-likeness (QED) is 0.616. The number of carbonyl (C=O) groups excluding carboxylic acids is 3. The highest BCUT2D eigenvalue weighted by molar-refractivity contribution is 6.43. The van der Waals surface area contributed by atoms with E-state index in [1.807, 2.05) is 0 Å². The normalized spacial score (nSPS) is 15.1. The average Bonchev–Trinajstić information content (AvgIpc) is 2.98. The van der Waals surface area contributed by atoms with E-state index in [1.54, 1.807) is 14.0 Å². The molecule has 0 atom stereocenters. The number of hydrogen-bond donors (Lipinski definition) is 1. The summed E-state index contributed by atoms with van der Waals surface area (Å²) in [5, 5.41) is 2.62. The molecule has 3 rings (SSSR count). The lowest BCUT2D eigenvalue weighted by Gasteiger charge is -2.38. The molecule has 142 valence electrons. The molecule has 6 nitrogen and oxygen atoms in total. The summed E-state index contributed by atoms with van der Waals surface area (Å²) in [6.07, 6.45) is 1.23. The van der Waals surface area contributed by atoms with Gasteiger partial charge in [0.1, 0.15) is 0 Å². The summed E-state index contributed by atoms with van der Waals surface area (Å²) in [7, 11) is 1.56. The second-order valence-corrected chi connectivity index (χ2v) is 6.91. The lowest BCUT2D eigenvalue weighted by atomic mass is 10.00. The Morgan fingerprint density at radius 3 is 2.48 bits per heavy atom. The van der Waals surface area contributed by atoms with Crippen LogP contribution in [-0.4, -0.2) is 40.8 Å². The fourth-order valence-corrected chi connectivity index (χ4v) is 2.83. The molecule has 1 aliphatic heterocycles. The molecule has 0 saturated carbocycles. The van der Waals surface area contributed by atoms with Gasteiger partial charge in [-0.3, -0.25) is 14.4 Å². The van der Waals surface area contributed by atoms with Crippen molar-refractivity contribution in [3.05, 3.63) is 58.9 Å². The molecular weight excluding hydrogens is 358 g/mol. The number of nitrogens with zero attached hydrogens (tertiary/aromatic N) is 1. The van der Waals surface area contributed by atoms with Crippen LogP contribution in [0.1, 0.15) is 33.3 Å². The van der Waals surface area contributed by atoms with Gasteiger partial charge in [0.15, 0.2) is 17.4 Å². The van der Waals surface area contributed by atoms with Crippen LogP contribution in [0.15, 0.2) is 30.5 Å². The van der Waals surface area contributed by atoms with Crippen molar-refractivity contribution in [3.63, 3.8) is 0 Å². The first-order valence-corrected chi connectivity index (χ1v) is 8.26. The van der Waals surface area contributed by atoms with Crippen molar-refractivity contribution in [1.29, 1.82) is 0 Å². The summed E-state index contributed by atoms with van der Waals surface area (Å²) in [6.45, 7) is 2.43. The lowest BCUT2D eigenvalue weighted by Crippen LogP contribution is -2.61. The Hall–Kier alpha value is -2.87. The predicted molar refractivity (Wildman–Crippen MR) is 91.5 cm³/mol. The predicted octanol–water partition coefficient (Wildman–Crippen LogP) is 1.82. The van der Waals surface area contributed by atoms with E-state index < -0.39 is 28.9 Å². The number of Topliss-reactive ketones (excluding diaryl/α,β-unsaturated/α-hetero) is 2. The van der Waals surface area contributed by atoms with Crippen molar-refractivity contribution in [3.8, 4) is 0 Å². The van der Waals surface area contributed by atoms with Crippen LogP contribution in [0.4, 0.5) is 8.78 Å². The van der Waals surface area contributed by atoms with Crippen LogP contribution in [0, 0.1) is 11.6 Å². The Kier molecular flexibility index (Phi) is 4.93. The Balaban J connectivity index is 1.73. The Morgan fingerprint density at radius 1 is 1.19 bits per heavy atom. The SMILES string of the molecule is Cn1cc(C(=O)C(=O)NC2(C)COC2)cc1C(=O)Cc1ccc(F)c(F)c1. The summed E-state index contributed by atoms with van der Waals surface area (Å²) in [6, 6.07) is 4.55. The maximum Gasteiger partial charge on any atom is 0.293 e. The average molecular weight is 376 g/mol. The molecule has 0 aliphatic carbocycles. The van der Waals surface area contributed by atoms with Crippen molar-refractivity contribution in [1.82, 2.24) is 9.88 Å². The molecule has 0 unspecified atom stereocenters. The molecule has 1 aromatic carbocycles. The van der Waals surface area contributed by atoms with E-state index in [2.05, 4.69) is 5.32 Å². The first kappa shape index (κ1) is 18.9. The highest BCUT2D eigenvalue weighted by atomic mass is 19.2. The van der Waals surface area contributed by atoms with Gasteiger partial charge in [0.2, 0.25) is 0 Å². The van der Waals surface area contributed by atoms with E-state index in [0.717, 1.165) is 12.1 Å². The largest absolute Gasteiger partial charge is 0.376 e. The van der Waals surface area contributed by atoms with Gasteiger partial charge in [0.05, 0.1) is 24.4 Å². The van der Waals surface area contributed by atoms with E-state index in [0.29, 0.717) is 18.8 Å². The van der Waals surface area contributed by atoms with Crippen molar-refractivity contribution in [2.45, 2.75) is 18.9 Å². The van der Waals surface area contributed by atoms with Gasteiger partial charge in [-0.05, 0) is 30.7 Å². The minimum Gasteiger partial charge on any atom is -0.376 e. The van der Waals surface area contributed by atoms with Gasteiger partial charge in [-0.25, -0.2) is 8.78 Å². The van der Waals surface area contributed by atoms with Crippen LogP contribution in [0.2, 0.25) is 0 Å². The standard InChI is InChI=1S/C19H18F2N2O4/c1-19(9-27-10-19)22-18(26)17(25)12-7-15(23(2)8-12)16(24)6-11-3-4-13(20)14(21)5-11/h3-5,7-8H,6,9-10H2,1-2H3,(H,22,26). The van der Waals surface area contributed by atoms with Crippen LogP contribution < -0.4 is 5.32 Å². The maximum atomic E-state index is 13.3. The van der Waals surface area contributed by atoms with Crippen molar-refractivity contribution >= 4 is 17.5 Å². The summed E-state index contributed by atoms with van der Waals surface area (Å²) in [5.74, 6) is -3.94. The number of carbonyl (C=O) groups is 3. The number of amides is 1. The highest BCUT2D eigenvalue weighted by Crippen LogP contribution is 2.17. The number of aromatic nitrogens is 1. The number of halogens is 2. The molecule has 1 amide bonds. The molecule has 0 radical (unpaired) electrons. The first-order valence-electron chi connectivity index (χ1n) is 8.26. The van der Waals surface area contributed by atoms with E-state index in [9.17, 15) is 23.2 Å². The second-order valence-electron chi connectivity index (χ2n) is 6.91. The molecule has 2 heterocycles. The number of hydrogen-bond acceptors (Lipinski definition) is 4. The summed E-state index contributed by atoms with van der Waals surface area (Å²) in [5.41, 5.74) is 0.0116. The van der Waals surface area contributed by atoms with Gasteiger partial charge < -0.3 is 14.6 Å². The third-order valence-electron chi connectivity index (χ3n) is 4.36. The van der Waals surface area contributed by atoms with Crippen LogP contribution in [0.25, 0.3) is 0 Å². The number of ketones is 2. The van der Waals surface area contributed by atoms with Crippen molar-refractivity contribution in [2.75, 3.05) is 13.2 Å². The van der Waals surface area contributed by atoms with Gasteiger partial charge in [-0.15, -0.1) is 0 Å². The van der Waals surface area contributed by atoms with Crippen LogP contribution in [0.5, 0.6) is 0 Å². The number of nitrogens with one attached hydrogen (secondary N) is 1. The van der Waals surface area contributed by atoms with E-state index in [4.69, 9.17) is 4.74 Å². The monoisotopic (exact) mass is 376 g/mol. The summed E-state index contributed by atoms with van der Waals surface area (Å²) < 4.78 is 32.7. The number of benzene rings is 1. The maximum absolute atomic E-state index is 13.3. The summed E-state index contributed by atoms with van der Waals surface area (Å²) >= 11 is 0. The van der Waals surface area contributed by atoms with Gasteiger partial charge in [0, 0.05) is 25.2 Å². The number of ether oxygens (including phenoxy) is 1. The molecule has 1 fully saturated rings. The molecule has 1 N–H and O–H groups in total. The minimum absolute atomic E-state index is 0.0764. The molecule has 0 spiro atoms. The number of aryl methyl sites for hydroxylation is 1. The Morgan fingerprint density at radius 2 is 1.89 bits per heavy atom. The molecule has 1 aromatic heterocycles. The number of rotatable bonds is 6. The fourth-order valence-electron chi connectivity index (χ4n) is 2.83. The smallest absolute Gasteiger partial charge is 0.293 e. The van der Waals surface area contributed by atoms with Gasteiger partial charge in [0.25, 0.3) is 11.7 Å². The zero-order valence-electron chi connectivity index (χ0n) is 14.8. The Bertz CT molecular complexity index is 932. The van der Waals surface area contributed by atoms with E-state index in [1.165, 1.54) is 22.9 Å². The van der Waals surface area contributed by atoms with E-state index in [-0.39, 0.29) is 23.5 Å². The zero-order valence-corrected chi connectivity index (χ0v) is 14.8. The van der Waals surface area contributed by atoms with Gasteiger partial charge in [-0.2, -0.15) is 0 Å². The molecule has 27 heavy (non-hydrogen) atoms. The first-order chi connectivity index (χ1) is 12.7. The second kappa shape index (κ2) is 7.03. The zero-order chi connectivity index (χ0) is 19.8.